The molecule has 2 rings (SSSR count). The Labute approximate surface area is 103 Å². The Kier molecular flexibility index (Phi) is 3.37. The molecule has 0 atom stereocenters. The monoisotopic (exact) mass is 247 g/mol. The van der Waals surface area contributed by atoms with Crippen LogP contribution in [0.1, 0.15) is 15.9 Å². The highest BCUT2D eigenvalue weighted by Gasteiger charge is 2.14. The lowest BCUT2D eigenvalue weighted by Gasteiger charge is -2.06. The summed E-state index contributed by atoms with van der Waals surface area (Å²) in [6.45, 7) is 0. The lowest BCUT2D eigenvalue weighted by Crippen LogP contribution is -2.08. The fourth-order valence-electron chi connectivity index (χ4n) is 1.68. The fraction of sp³-hybridized carbons (Fsp3) is 0.0714. The van der Waals surface area contributed by atoms with Gasteiger partial charge in [-0.2, -0.15) is 0 Å². The molecule has 2 nitrogen and oxygen atoms in total. The number of carbonyl (C=O) groups excluding carboxylic acids is 1. The first-order valence-electron chi connectivity index (χ1n) is 5.39. The second kappa shape index (κ2) is 4.96. The van der Waals surface area contributed by atoms with E-state index in [1.165, 1.54) is 0 Å². The Morgan fingerprint density at radius 2 is 1.67 bits per heavy atom. The zero-order valence-corrected chi connectivity index (χ0v) is 9.49. The zero-order valence-electron chi connectivity index (χ0n) is 9.49. The van der Waals surface area contributed by atoms with E-state index in [9.17, 15) is 13.6 Å². The highest BCUT2D eigenvalue weighted by atomic mass is 19.2. The van der Waals surface area contributed by atoms with Crippen LogP contribution in [0.4, 0.5) is 14.5 Å². The predicted octanol–water partition coefficient (Wildman–Crippen LogP) is 2.97. The maximum atomic E-state index is 13.1. The molecule has 0 fully saturated rings. The summed E-state index contributed by atoms with van der Waals surface area (Å²) in [4.78, 5) is 11.9. The molecule has 2 aromatic rings. The molecule has 0 aliphatic heterocycles. The van der Waals surface area contributed by atoms with Crippen LogP contribution in [0.3, 0.4) is 0 Å². The van der Waals surface area contributed by atoms with Gasteiger partial charge in [0, 0.05) is 23.7 Å². The largest absolute Gasteiger partial charge is 0.398 e. The number of nitrogen functional groups attached to an aromatic ring is 1. The smallest absolute Gasteiger partial charge is 0.169 e. The Morgan fingerprint density at radius 1 is 1.06 bits per heavy atom. The van der Waals surface area contributed by atoms with Crippen molar-refractivity contribution in [3.63, 3.8) is 0 Å². The molecule has 0 heterocycles. The first kappa shape index (κ1) is 12.2. The molecule has 0 radical (unpaired) electrons. The summed E-state index contributed by atoms with van der Waals surface area (Å²) in [5.74, 6) is -2.46. The first-order chi connectivity index (χ1) is 8.58. The van der Waals surface area contributed by atoms with Crippen LogP contribution in [-0.4, -0.2) is 5.78 Å². The van der Waals surface area contributed by atoms with Crippen molar-refractivity contribution in [2.24, 2.45) is 0 Å². The number of halogens is 2. The van der Waals surface area contributed by atoms with Crippen LogP contribution in [0.15, 0.2) is 42.5 Å². The summed E-state index contributed by atoms with van der Waals surface area (Å²) in [5, 5.41) is 0. The molecule has 0 saturated heterocycles. The molecule has 0 bridgehead atoms. The van der Waals surface area contributed by atoms with Crippen LogP contribution in [0, 0.1) is 11.6 Å². The number of hydrogen-bond donors (Lipinski definition) is 1. The summed E-state index contributed by atoms with van der Waals surface area (Å²) in [6, 6.07) is 10.7. The Morgan fingerprint density at radius 3 is 2.33 bits per heavy atom. The average Bonchev–Trinajstić information content (AvgIpc) is 2.35. The van der Waals surface area contributed by atoms with Crippen LogP contribution in [0.5, 0.6) is 0 Å². The van der Waals surface area contributed by atoms with E-state index in [1.807, 2.05) is 6.07 Å². The van der Waals surface area contributed by atoms with Gasteiger partial charge in [-0.15, -0.1) is 0 Å². The molecule has 0 aliphatic carbocycles. The third-order valence-electron chi connectivity index (χ3n) is 2.60. The van der Waals surface area contributed by atoms with Gasteiger partial charge >= 0.3 is 0 Å². The first-order valence-corrected chi connectivity index (χ1v) is 5.39. The van der Waals surface area contributed by atoms with Crippen molar-refractivity contribution in [1.29, 1.82) is 0 Å². The summed E-state index contributed by atoms with van der Waals surface area (Å²) < 4.78 is 26.0. The third-order valence-corrected chi connectivity index (χ3v) is 2.60. The molecule has 18 heavy (non-hydrogen) atoms. The number of rotatable bonds is 3. The summed E-state index contributed by atoms with van der Waals surface area (Å²) in [6.07, 6.45) is 0.107. The Balaban J connectivity index is 2.27. The molecule has 4 heteroatoms. The van der Waals surface area contributed by atoms with Crippen LogP contribution in [0.25, 0.3) is 0 Å². The molecule has 0 aliphatic rings. The molecule has 2 aromatic carbocycles. The molecular formula is C14H11F2NO. The van der Waals surface area contributed by atoms with Crippen molar-refractivity contribution in [3.8, 4) is 0 Å². The number of anilines is 1. The molecular weight excluding hydrogens is 236 g/mol. The minimum atomic E-state index is -1.07. The van der Waals surface area contributed by atoms with Gasteiger partial charge in [0.25, 0.3) is 0 Å². The van der Waals surface area contributed by atoms with Crippen molar-refractivity contribution in [1.82, 2.24) is 0 Å². The molecule has 0 spiro atoms. The highest BCUT2D eigenvalue weighted by molar-refractivity contribution is 6.01. The number of carbonyl (C=O) groups is 1. The zero-order chi connectivity index (χ0) is 13.1. The Hall–Kier alpha value is -2.23. The number of benzene rings is 2. The summed E-state index contributed by atoms with van der Waals surface area (Å²) in [5.41, 5.74) is 6.28. The van der Waals surface area contributed by atoms with Crippen molar-refractivity contribution < 1.29 is 13.6 Å². The second-order valence-electron chi connectivity index (χ2n) is 3.94. The minimum Gasteiger partial charge on any atom is -0.398 e. The van der Waals surface area contributed by atoms with E-state index in [4.69, 9.17) is 5.73 Å². The maximum absolute atomic E-state index is 13.1. The van der Waals surface area contributed by atoms with Crippen LogP contribution in [-0.2, 0) is 6.42 Å². The van der Waals surface area contributed by atoms with Crippen molar-refractivity contribution >= 4 is 11.5 Å². The number of nitrogens with two attached hydrogens (primary N) is 1. The molecule has 0 amide bonds. The predicted molar refractivity (Wildman–Crippen MR) is 65.2 cm³/mol. The van der Waals surface area contributed by atoms with E-state index in [0.717, 1.165) is 17.7 Å². The van der Waals surface area contributed by atoms with E-state index >= 15 is 0 Å². The molecule has 2 N–H and O–H groups in total. The lowest BCUT2D eigenvalue weighted by molar-refractivity contribution is 0.0993. The van der Waals surface area contributed by atoms with Gasteiger partial charge in [0.15, 0.2) is 17.4 Å². The van der Waals surface area contributed by atoms with Gasteiger partial charge in [0.1, 0.15) is 0 Å². The van der Waals surface area contributed by atoms with Crippen LogP contribution < -0.4 is 5.73 Å². The van der Waals surface area contributed by atoms with E-state index in [-0.39, 0.29) is 23.5 Å². The molecule has 0 saturated carbocycles. The maximum Gasteiger partial charge on any atom is 0.169 e. The third kappa shape index (κ3) is 2.53. The van der Waals surface area contributed by atoms with Gasteiger partial charge in [-0.05, 0) is 11.6 Å². The van der Waals surface area contributed by atoms with E-state index in [0.29, 0.717) is 0 Å². The van der Waals surface area contributed by atoms with Gasteiger partial charge in [-0.1, -0.05) is 30.3 Å². The SMILES string of the molecule is Nc1cc(F)c(F)cc1C(=O)Cc1ccccc1. The number of hydrogen-bond acceptors (Lipinski definition) is 2. The standard InChI is InChI=1S/C14H11F2NO/c15-11-7-10(13(17)8-12(11)16)14(18)6-9-4-2-1-3-5-9/h1-5,7-8H,6,17H2. The fourth-order valence-corrected chi connectivity index (χ4v) is 1.68. The van der Waals surface area contributed by atoms with Gasteiger partial charge in [0.2, 0.25) is 0 Å². The quantitative estimate of drug-likeness (QED) is 0.669. The van der Waals surface area contributed by atoms with Crippen molar-refractivity contribution in [2.45, 2.75) is 6.42 Å². The van der Waals surface area contributed by atoms with Gasteiger partial charge in [0.05, 0.1) is 0 Å². The van der Waals surface area contributed by atoms with Gasteiger partial charge < -0.3 is 5.73 Å². The van der Waals surface area contributed by atoms with Gasteiger partial charge in [-0.25, -0.2) is 8.78 Å². The highest BCUT2D eigenvalue weighted by Crippen LogP contribution is 2.19. The molecule has 92 valence electrons. The van der Waals surface area contributed by atoms with Crippen LogP contribution in [0.2, 0.25) is 0 Å². The normalized spacial score (nSPS) is 10.3. The number of Topliss-reactive ketones (excluding diaryl/α,β-unsaturated/α-hetero) is 1. The topological polar surface area (TPSA) is 43.1 Å². The lowest BCUT2D eigenvalue weighted by atomic mass is 10.0. The van der Waals surface area contributed by atoms with Crippen molar-refractivity contribution in [2.75, 3.05) is 5.73 Å². The van der Waals surface area contributed by atoms with Gasteiger partial charge in [-0.3, -0.25) is 4.79 Å². The number of ketones is 1. The van der Waals surface area contributed by atoms with E-state index in [1.54, 1.807) is 24.3 Å². The summed E-state index contributed by atoms with van der Waals surface area (Å²) >= 11 is 0. The molecule has 0 aromatic heterocycles. The van der Waals surface area contributed by atoms with Crippen LogP contribution >= 0.6 is 0 Å². The average molecular weight is 247 g/mol. The second-order valence-corrected chi connectivity index (χ2v) is 3.94. The van der Waals surface area contributed by atoms with E-state index < -0.39 is 11.6 Å². The minimum absolute atomic E-state index is 0.0118. The molecule has 0 unspecified atom stereocenters. The van der Waals surface area contributed by atoms with Crippen molar-refractivity contribution in [3.05, 3.63) is 65.2 Å². The van der Waals surface area contributed by atoms with E-state index in [2.05, 4.69) is 0 Å². The summed E-state index contributed by atoms with van der Waals surface area (Å²) in [7, 11) is 0. The Bertz CT molecular complexity index is 582.